The van der Waals surface area contributed by atoms with Crippen molar-refractivity contribution in [2.24, 2.45) is 12.8 Å². The molecule has 4 nitrogen and oxygen atoms in total. The molecule has 0 radical (unpaired) electrons. The van der Waals surface area contributed by atoms with Gasteiger partial charge in [0.05, 0.1) is 23.0 Å². The van der Waals surface area contributed by atoms with E-state index in [1.54, 1.807) is 4.68 Å². The van der Waals surface area contributed by atoms with Crippen molar-refractivity contribution in [2.75, 3.05) is 13.2 Å². The van der Waals surface area contributed by atoms with E-state index < -0.39 is 5.41 Å². The summed E-state index contributed by atoms with van der Waals surface area (Å²) >= 11 is 6.32. The standard InChI is InChI=1S/C15H20ClN3O/c1-11-14(16)13(19(2)18-11)8-15(9-17,10-20)12-6-4-3-5-7-12/h3-7,20H,8-10,17H2,1-2H3. The van der Waals surface area contributed by atoms with Crippen LogP contribution in [0, 0.1) is 6.92 Å². The maximum atomic E-state index is 9.93. The van der Waals surface area contributed by atoms with Crippen LogP contribution >= 0.6 is 11.6 Å². The van der Waals surface area contributed by atoms with Crippen molar-refractivity contribution in [3.8, 4) is 0 Å². The second kappa shape index (κ2) is 5.95. The Morgan fingerprint density at radius 2 is 2.00 bits per heavy atom. The summed E-state index contributed by atoms with van der Waals surface area (Å²) in [4.78, 5) is 0. The van der Waals surface area contributed by atoms with Crippen LogP contribution in [0.15, 0.2) is 30.3 Å². The minimum absolute atomic E-state index is 0.0337. The lowest BCUT2D eigenvalue weighted by molar-refractivity contribution is 0.194. The number of rotatable bonds is 5. The van der Waals surface area contributed by atoms with Crippen LogP contribution in [-0.4, -0.2) is 28.0 Å². The van der Waals surface area contributed by atoms with Gasteiger partial charge in [-0.05, 0) is 12.5 Å². The van der Waals surface area contributed by atoms with E-state index in [1.807, 2.05) is 44.3 Å². The fourth-order valence-electron chi connectivity index (χ4n) is 2.49. The molecule has 0 aliphatic rings. The van der Waals surface area contributed by atoms with Gasteiger partial charge in [-0.15, -0.1) is 0 Å². The molecule has 1 heterocycles. The van der Waals surface area contributed by atoms with Gasteiger partial charge in [0.2, 0.25) is 0 Å². The number of halogens is 1. The number of aromatic nitrogens is 2. The number of aliphatic hydroxyl groups is 1. The lowest BCUT2D eigenvalue weighted by atomic mass is 9.77. The first-order valence-electron chi connectivity index (χ1n) is 6.58. The molecular formula is C15H20ClN3O. The summed E-state index contributed by atoms with van der Waals surface area (Å²) in [5, 5.41) is 14.9. The molecule has 2 aromatic rings. The van der Waals surface area contributed by atoms with Crippen LogP contribution in [0.4, 0.5) is 0 Å². The molecule has 3 N–H and O–H groups in total. The van der Waals surface area contributed by atoms with E-state index in [1.165, 1.54) is 0 Å². The van der Waals surface area contributed by atoms with Gasteiger partial charge in [-0.1, -0.05) is 41.9 Å². The topological polar surface area (TPSA) is 64.1 Å². The molecule has 0 aliphatic heterocycles. The van der Waals surface area contributed by atoms with E-state index in [9.17, 15) is 5.11 Å². The number of aliphatic hydroxyl groups excluding tert-OH is 1. The number of benzene rings is 1. The molecule has 2 rings (SSSR count). The summed E-state index contributed by atoms with van der Waals surface area (Å²) in [7, 11) is 1.86. The van der Waals surface area contributed by atoms with E-state index in [0.29, 0.717) is 18.0 Å². The summed E-state index contributed by atoms with van der Waals surface area (Å²) in [6.07, 6.45) is 0.556. The second-order valence-corrected chi connectivity index (χ2v) is 5.53. The van der Waals surface area contributed by atoms with Gasteiger partial charge in [-0.3, -0.25) is 4.68 Å². The van der Waals surface area contributed by atoms with Gasteiger partial charge < -0.3 is 10.8 Å². The highest BCUT2D eigenvalue weighted by Crippen LogP contribution is 2.31. The van der Waals surface area contributed by atoms with Gasteiger partial charge in [0.1, 0.15) is 0 Å². The largest absolute Gasteiger partial charge is 0.395 e. The molecule has 1 unspecified atom stereocenters. The smallest absolute Gasteiger partial charge is 0.0847 e. The van der Waals surface area contributed by atoms with Gasteiger partial charge in [-0.25, -0.2) is 0 Å². The predicted molar refractivity (Wildman–Crippen MR) is 80.9 cm³/mol. The highest BCUT2D eigenvalue weighted by molar-refractivity contribution is 6.31. The molecule has 0 amide bonds. The van der Waals surface area contributed by atoms with Crippen LogP contribution in [-0.2, 0) is 18.9 Å². The molecule has 0 bridgehead atoms. The zero-order chi connectivity index (χ0) is 14.8. The third kappa shape index (κ3) is 2.59. The van der Waals surface area contributed by atoms with Crippen LogP contribution in [0.3, 0.4) is 0 Å². The van der Waals surface area contributed by atoms with Crippen LogP contribution in [0.25, 0.3) is 0 Å². The first-order chi connectivity index (χ1) is 9.54. The van der Waals surface area contributed by atoms with Gasteiger partial charge in [0.15, 0.2) is 0 Å². The minimum atomic E-state index is -0.537. The third-order valence-electron chi connectivity index (χ3n) is 3.85. The van der Waals surface area contributed by atoms with Gasteiger partial charge in [0, 0.05) is 25.4 Å². The Bertz CT molecular complexity index is 576. The van der Waals surface area contributed by atoms with Crippen molar-refractivity contribution in [3.05, 3.63) is 52.3 Å². The first kappa shape index (κ1) is 15.0. The Hall–Kier alpha value is -1.36. The minimum Gasteiger partial charge on any atom is -0.395 e. The summed E-state index contributed by atoms with van der Waals surface area (Å²) in [5.74, 6) is 0. The van der Waals surface area contributed by atoms with Crippen LogP contribution in [0.2, 0.25) is 5.02 Å². The first-order valence-corrected chi connectivity index (χ1v) is 6.96. The van der Waals surface area contributed by atoms with E-state index in [-0.39, 0.29) is 6.61 Å². The Balaban J connectivity index is 2.45. The summed E-state index contributed by atoms with van der Waals surface area (Å²) in [6, 6.07) is 9.82. The van der Waals surface area contributed by atoms with Crippen LogP contribution in [0.1, 0.15) is 17.0 Å². The zero-order valence-corrected chi connectivity index (χ0v) is 12.6. The molecule has 20 heavy (non-hydrogen) atoms. The zero-order valence-electron chi connectivity index (χ0n) is 11.8. The Kier molecular flexibility index (Phi) is 4.48. The highest BCUT2D eigenvalue weighted by Gasteiger charge is 2.32. The van der Waals surface area contributed by atoms with Crippen molar-refractivity contribution in [3.63, 3.8) is 0 Å². The van der Waals surface area contributed by atoms with Crippen LogP contribution in [0.5, 0.6) is 0 Å². The molecule has 0 saturated heterocycles. The lowest BCUT2D eigenvalue weighted by Crippen LogP contribution is -2.41. The molecule has 0 saturated carbocycles. The van der Waals surface area contributed by atoms with E-state index in [0.717, 1.165) is 17.0 Å². The highest BCUT2D eigenvalue weighted by atomic mass is 35.5. The number of hydrogen-bond donors (Lipinski definition) is 2. The summed E-state index contributed by atoms with van der Waals surface area (Å²) in [6.45, 7) is 2.18. The molecule has 1 atom stereocenters. The molecule has 5 heteroatoms. The predicted octanol–water partition coefficient (Wildman–Crippen LogP) is 1.81. The van der Waals surface area contributed by atoms with Crippen molar-refractivity contribution in [1.29, 1.82) is 0 Å². The number of nitrogens with two attached hydrogens (primary N) is 1. The van der Waals surface area contributed by atoms with Crippen LogP contribution < -0.4 is 5.73 Å². The van der Waals surface area contributed by atoms with Crippen molar-refractivity contribution >= 4 is 11.6 Å². The molecular weight excluding hydrogens is 274 g/mol. The number of hydrogen-bond acceptors (Lipinski definition) is 3. The second-order valence-electron chi connectivity index (χ2n) is 5.16. The fraction of sp³-hybridized carbons (Fsp3) is 0.400. The van der Waals surface area contributed by atoms with Gasteiger partial charge >= 0.3 is 0 Å². The molecule has 1 aromatic carbocycles. The Morgan fingerprint density at radius 1 is 1.35 bits per heavy atom. The normalized spacial score (nSPS) is 14.2. The maximum Gasteiger partial charge on any atom is 0.0847 e. The maximum absolute atomic E-state index is 9.93. The van der Waals surface area contributed by atoms with Crippen molar-refractivity contribution in [2.45, 2.75) is 18.8 Å². The van der Waals surface area contributed by atoms with Gasteiger partial charge in [-0.2, -0.15) is 5.10 Å². The molecule has 108 valence electrons. The average molecular weight is 294 g/mol. The summed E-state index contributed by atoms with van der Waals surface area (Å²) in [5.41, 5.74) is 8.14. The van der Waals surface area contributed by atoms with E-state index in [4.69, 9.17) is 17.3 Å². The third-order valence-corrected chi connectivity index (χ3v) is 4.34. The monoisotopic (exact) mass is 293 g/mol. The summed E-state index contributed by atoms with van der Waals surface area (Å²) < 4.78 is 1.76. The molecule has 0 fully saturated rings. The van der Waals surface area contributed by atoms with Crippen molar-refractivity contribution < 1.29 is 5.11 Å². The fourth-order valence-corrected chi connectivity index (χ4v) is 2.72. The van der Waals surface area contributed by atoms with E-state index in [2.05, 4.69) is 5.10 Å². The molecule has 0 aliphatic carbocycles. The van der Waals surface area contributed by atoms with Crippen molar-refractivity contribution in [1.82, 2.24) is 9.78 Å². The lowest BCUT2D eigenvalue weighted by Gasteiger charge is -2.31. The quantitative estimate of drug-likeness (QED) is 0.884. The number of aryl methyl sites for hydroxylation is 2. The Morgan fingerprint density at radius 3 is 2.45 bits per heavy atom. The SMILES string of the molecule is Cc1nn(C)c(CC(CN)(CO)c2ccccc2)c1Cl. The number of nitrogens with zero attached hydrogens (tertiary/aromatic N) is 2. The molecule has 0 spiro atoms. The average Bonchev–Trinajstić information content (AvgIpc) is 2.71. The van der Waals surface area contributed by atoms with E-state index >= 15 is 0 Å². The Labute approximate surface area is 124 Å². The molecule has 1 aromatic heterocycles. The van der Waals surface area contributed by atoms with Gasteiger partial charge in [0.25, 0.3) is 0 Å².